The van der Waals surface area contributed by atoms with Gasteiger partial charge in [-0.25, -0.2) is 0 Å². The molecule has 1 aliphatic heterocycles. The Hall–Kier alpha value is -4.72. The van der Waals surface area contributed by atoms with Gasteiger partial charge in [0.2, 0.25) is 5.91 Å². The van der Waals surface area contributed by atoms with Crippen LogP contribution < -0.4 is 4.90 Å². The summed E-state index contributed by atoms with van der Waals surface area (Å²) in [6, 6.07) is 23.5. The third-order valence-electron chi connectivity index (χ3n) is 7.22. The number of nitro benzene ring substituents is 1. The van der Waals surface area contributed by atoms with E-state index in [9.17, 15) is 19.7 Å². The molecule has 0 saturated heterocycles. The van der Waals surface area contributed by atoms with Gasteiger partial charge in [0, 0.05) is 29.4 Å². The van der Waals surface area contributed by atoms with Crippen molar-refractivity contribution in [1.82, 2.24) is 9.47 Å². The Bertz CT molecular complexity index is 1570. The fourth-order valence-corrected chi connectivity index (χ4v) is 5.14. The summed E-state index contributed by atoms with van der Waals surface area (Å²) in [4.78, 5) is 42.1. The fraction of sp³-hybridized carbons (Fsp3) is 0.226. The minimum absolute atomic E-state index is 0.124. The number of fused-ring (bicyclic) bond motifs is 3. The summed E-state index contributed by atoms with van der Waals surface area (Å²) in [7, 11) is 0. The Balaban J connectivity index is 1.56. The lowest BCUT2D eigenvalue weighted by molar-refractivity contribution is -0.385. The molecule has 0 N–H and O–H groups in total. The number of benzene rings is 3. The summed E-state index contributed by atoms with van der Waals surface area (Å²) >= 11 is 0. The molecule has 5 rings (SSSR count). The first-order valence-electron chi connectivity index (χ1n) is 12.9. The first-order chi connectivity index (χ1) is 18.7. The molecule has 2 heterocycles. The number of carbonyl (C=O) groups is 2. The predicted octanol–water partition coefficient (Wildman–Crippen LogP) is 5.99. The quantitative estimate of drug-likeness (QED) is 0.230. The van der Waals surface area contributed by atoms with E-state index in [1.165, 1.54) is 11.0 Å². The third kappa shape index (κ3) is 4.69. The van der Waals surface area contributed by atoms with Crippen molar-refractivity contribution in [3.05, 3.63) is 123 Å². The normalized spacial score (nSPS) is 14.1. The molecule has 8 heteroatoms. The topological polar surface area (TPSA) is 88.7 Å². The second-order valence-corrected chi connectivity index (χ2v) is 10.2. The molecule has 0 bridgehead atoms. The minimum atomic E-state index is -0.497. The second kappa shape index (κ2) is 10.2. The van der Waals surface area contributed by atoms with E-state index in [4.69, 9.17) is 0 Å². The smallest absolute Gasteiger partial charge is 0.273 e. The van der Waals surface area contributed by atoms with Crippen LogP contribution in [0.2, 0.25) is 0 Å². The lowest BCUT2D eigenvalue weighted by Crippen LogP contribution is -2.48. The van der Waals surface area contributed by atoms with Crippen LogP contribution >= 0.6 is 0 Å². The number of nitrogens with zero attached hydrogens (tertiary/aromatic N) is 4. The SMILES string of the molecule is Cc1ccc([C@@H]2c3cccn3-c3ccccc3N2C(=O)CN(C(=O)c2ccc(C)c([N+](=O)[O-])c2)C(C)C)cc1. The summed E-state index contributed by atoms with van der Waals surface area (Å²) in [5, 5.41) is 11.5. The molecule has 1 atom stereocenters. The maximum Gasteiger partial charge on any atom is 0.273 e. The molecule has 0 unspecified atom stereocenters. The van der Waals surface area contributed by atoms with Crippen molar-refractivity contribution in [3.63, 3.8) is 0 Å². The zero-order valence-electron chi connectivity index (χ0n) is 22.4. The van der Waals surface area contributed by atoms with E-state index in [0.717, 1.165) is 28.2 Å². The first kappa shape index (κ1) is 25.9. The van der Waals surface area contributed by atoms with Crippen molar-refractivity contribution in [2.45, 2.75) is 39.8 Å². The molecule has 0 spiro atoms. The highest BCUT2D eigenvalue weighted by atomic mass is 16.6. The largest absolute Gasteiger partial charge is 0.327 e. The van der Waals surface area contributed by atoms with Gasteiger partial charge in [-0.3, -0.25) is 24.6 Å². The van der Waals surface area contributed by atoms with Crippen LogP contribution in [0, 0.1) is 24.0 Å². The highest BCUT2D eigenvalue weighted by Crippen LogP contribution is 2.42. The van der Waals surface area contributed by atoms with Gasteiger partial charge in [-0.1, -0.05) is 48.0 Å². The molecule has 3 aromatic carbocycles. The first-order valence-corrected chi connectivity index (χ1v) is 12.9. The van der Waals surface area contributed by atoms with Crippen LogP contribution in [0.5, 0.6) is 0 Å². The van der Waals surface area contributed by atoms with Gasteiger partial charge in [0.1, 0.15) is 12.6 Å². The Morgan fingerprint density at radius 2 is 1.64 bits per heavy atom. The van der Waals surface area contributed by atoms with E-state index in [2.05, 4.69) is 4.57 Å². The molecule has 0 radical (unpaired) electrons. The van der Waals surface area contributed by atoms with E-state index in [0.29, 0.717) is 5.56 Å². The standard InChI is InChI=1S/C31H30N4O4/c1-20(2)33(31(37)24-16-13-22(4)28(18-24)35(38)39)19-29(36)34-26-9-6-5-8-25(26)32-17-7-10-27(32)30(34)23-14-11-21(3)12-15-23/h5-18,20,30H,19H2,1-4H3/t30-/m1/s1. The molecule has 4 aromatic rings. The Kier molecular flexibility index (Phi) is 6.78. The van der Waals surface area contributed by atoms with Gasteiger partial charge in [0.05, 0.1) is 22.0 Å². The number of nitro groups is 1. The lowest BCUT2D eigenvalue weighted by atomic mass is 9.97. The zero-order valence-corrected chi connectivity index (χ0v) is 22.4. The lowest BCUT2D eigenvalue weighted by Gasteiger charge is -2.40. The van der Waals surface area contributed by atoms with Gasteiger partial charge in [0.15, 0.2) is 0 Å². The molecule has 1 aliphatic rings. The minimum Gasteiger partial charge on any atom is -0.327 e. The van der Waals surface area contributed by atoms with Crippen LogP contribution in [-0.4, -0.2) is 38.8 Å². The highest BCUT2D eigenvalue weighted by Gasteiger charge is 2.37. The van der Waals surface area contributed by atoms with E-state index in [1.807, 2.05) is 87.6 Å². The van der Waals surface area contributed by atoms with Crippen LogP contribution in [-0.2, 0) is 4.79 Å². The Morgan fingerprint density at radius 3 is 2.31 bits per heavy atom. The fourth-order valence-electron chi connectivity index (χ4n) is 5.14. The van der Waals surface area contributed by atoms with Crippen LogP contribution in [0.15, 0.2) is 85.1 Å². The summed E-state index contributed by atoms with van der Waals surface area (Å²) in [5.41, 5.74) is 5.18. The number of amides is 2. The number of para-hydroxylation sites is 2. The van der Waals surface area contributed by atoms with Crippen molar-refractivity contribution >= 4 is 23.2 Å². The molecule has 39 heavy (non-hydrogen) atoms. The van der Waals surface area contributed by atoms with Gasteiger partial charge >= 0.3 is 0 Å². The van der Waals surface area contributed by atoms with Crippen LogP contribution in [0.25, 0.3) is 5.69 Å². The number of anilines is 1. The van der Waals surface area contributed by atoms with Gasteiger partial charge in [-0.05, 0) is 63.6 Å². The van der Waals surface area contributed by atoms with Gasteiger partial charge < -0.3 is 9.47 Å². The molecular formula is C31H30N4O4. The van der Waals surface area contributed by atoms with Gasteiger partial charge in [-0.2, -0.15) is 0 Å². The monoisotopic (exact) mass is 522 g/mol. The summed E-state index contributed by atoms with van der Waals surface area (Å²) in [6.07, 6.45) is 1.99. The zero-order chi connectivity index (χ0) is 27.8. The number of aromatic nitrogens is 1. The van der Waals surface area contributed by atoms with E-state index in [1.54, 1.807) is 24.0 Å². The summed E-state index contributed by atoms with van der Waals surface area (Å²) in [6.45, 7) is 7.13. The van der Waals surface area contributed by atoms with E-state index in [-0.39, 0.29) is 29.7 Å². The summed E-state index contributed by atoms with van der Waals surface area (Å²) < 4.78 is 2.10. The third-order valence-corrected chi connectivity index (χ3v) is 7.22. The van der Waals surface area contributed by atoms with Gasteiger partial charge in [0.25, 0.3) is 11.6 Å². The molecule has 198 valence electrons. The van der Waals surface area contributed by atoms with Crippen molar-refractivity contribution in [2.24, 2.45) is 0 Å². The van der Waals surface area contributed by atoms with E-state index < -0.39 is 16.9 Å². The average molecular weight is 523 g/mol. The van der Waals surface area contributed by atoms with Crippen molar-refractivity contribution in [2.75, 3.05) is 11.4 Å². The predicted molar refractivity (Wildman–Crippen MR) is 150 cm³/mol. The summed E-state index contributed by atoms with van der Waals surface area (Å²) in [5.74, 6) is -0.675. The molecule has 0 saturated carbocycles. The number of hydrogen-bond acceptors (Lipinski definition) is 4. The maximum absolute atomic E-state index is 14.2. The van der Waals surface area contributed by atoms with Crippen molar-refractivity contribution in [1.29, 1.82) is 0 Å². The number of hydrogen-bond donors (Lipinski definition) is 0. The number of carbonyl (C=O) groups excluding carboxylic acids is 2. The highest BCUT2D eigenvalue weighted by molar-refractivity contribution is 6.03. The van der Waals surface area contributed by atoms with Gasteiger partial charge in [-0.15, -0.1) is 0 Å². The molecular weight excluding hydrogens is 492 g/mol. The van der Waals surface area contributed by atoms with E-state index >= 15 is 0 Å². The number of aryl methyl sites for hydroxylation is 2. The van der Waals surface area contributed by atoms with Crippen molar-refractivity contribution in [3.8, 4) is 5.69 Å². The Morgan fingerprint density at radius 1 is 0.949 bits per heavy atom. The molecule has 1 aromatic heterocycles. The van der Waals surface area contributed by atoms with Crippen LogP contribution in [0.1, 0.15) is 52.6 Å². The number of rotatable bonds is 6. The molecule has 0 fully saturated rings. The molecule has 2 amide bonds. The maximum atomic E-state index is 14.2. The molecule has 0 aliphatic carbocycles. The average Bonchev–Trinajstić information content (AvgIpc) is 3.41. The Labute approximate surface area is 227 Å². The van der Waals surface area contributed by atoms with Crippen molar-refractivity contribution < 1.29 is 14.5 Å². The molecule has 8 nitrogen and oxygen atoms in total. The second-order valence-electron chi connectivity index (χ2n) is 10.2. The van der Waals surface area contributed by atoms with Crippen LogP contribution in [0.4, 0.5) is 11.4 Å². The van der Waals surface area contributed by atoms with Crippen LogP contribution in [0.3, 0.4) is 0 Å².